The summed E-state index contributed by atoms with van der Waals surface area (Å²) in [5.41, 5.74) is 0.821. The number of hydrogen-bond acceptors (Lipinski definition) is 5. The lowest BCUT2D eigenvalue weighted by molar-refractivity contribution is -0.144. The Morgan fingerprint density at radius 1 is 1.14 bits per heavy atom. The summed E-state index contributed by atoms with van der Waals surface area (Å²) < 4.78 is 10.8. The highest BCUT2D eigenvalue weighted by Crippen LogP contribution is 2.30. The molecule has 0 spiro atoms. The van der Waals surface area contributed by atoms with E-state index in [0.717, 1.165) is 12.0 Å². The van der Waals surface area contributed by atoms with Crippen molar-refractivity contribution in [1.82, 2.24) is 10.6 Å². The summed E-state index contributed by atoms with van der Waals surface area (Å²) in [6.45, 7) is 2.57. The predicted octanol–water partition coefficient (Wildman–Crippen LogP) is 1.72. The maximum absolute atomic E-state index is 12.4. The molecule has 1 saturated carbocycles. The van der Waals surface area contributed by atoms with Crippen molar-refractivity contribution in [3.63, 3.8) is 0 Å². The molecule has 0 bridgehead atoms. The normalized spacial score (nSPS) is 18.8. The number of hydrogen-bond donors (Lipinski definition) is 3. The first-order valence-corrected chi connectivity index (χ1v) is 9.51. The second kappa shape index (κ2) is 10.5. The summed E-state index contributed by atoms with van der Waals surface area (Å²) >= 11 is 0. The van der Waals surface area contributed by atoms with Gasteiger partial charge in [0.2, 0.25) is 5.91 Å². The van der Waals surface area contributed by atoms with Gasteiger partial charge in [0.1, 0.15) is 0 Å². The minimum Gasteiger partial charge on any atom is -0.493 e. The van der Waals surface area contributed by atoms with Gasteiger partial charge in [-0.2, -0.15) is 0 Å². The molecule has 1 fully saturated rings. The zero-order valence-electron chi connectivity index (χ0n) is 16.3. The van der Waals surface area contributed by atoms with Crippen LogP contribution in [0, 0.1) is 11.8 Å². The van der Waals surface area contributed by atoms with Crippen LogP contribution < -0.4 is 20.1 Å². The Labute approximate surface area is 164 Å². The lowest BCUT2D eigenvalue weighted by Gasteiger charge is -2.25. The van der Waals surface area contributed by atoms with Gasteiger partial charge >= 0.3 is 5.97 Å². The van der Waals surface area contributed by atoms with Crippen LogP contribution in [0.4, 0.5) is 0 Å². The third kappa shape index (κ3) is 6.14. The Morgan fingerprint density at radius 2 is 1.89 bits per heavy atom. The molecule has 2 rings (SSSR count). The van der Waals surface area contributed by atoms with Gasteiger partial charge in [0.15, 0.2) is 18.1 Å². The van der Waals surface area contributed by atoms with Crippen LogP contribution in [0.2, 0.25) is 0 Å². The number of likely N-dealkylation sites (N-methyl/N-ethyl adjacent to an activating group) is 1. The zero-order valence-corrected chi connectivity index (χ0v) is 16.3. The van der Waals surface area contributed by atoms with E-state index in [1.165, 1.54) is 7.11 Å². The molecule has 1 aliphatic carbocycles. The van der Waals surface area contributed by atoms with Crippen LogP contribution in [-0.4, -0.2) is 43.2 Å². The van der Waals surface area contributed by atoms with E-state index in [1.54, 1.807) is 18.2 Å². The highest BCUT2D eigenvalue weighted by Gasteiger charge is 2.30. The lowest BCUT2D eigenvalue weighted by atomic mass is 9.81. The van der Waals surface area contributed by atoms with Gasteiger partial charge in [-0.3, -0.25) is 14.4 Å². The fourth-order valence-electron chi connectivity index (χ4n) is 3.32. The van der Waals surface area contributed by atoms with Crippen LogP contribution >= 0.6 is 0 Å². The molecular formula is C20H28N2O6. The number of carbonyl (C=O) groups is 3. The van der Waals surface area contributed by atoms with Crippen molar-refractivity contribution in [1.29, 1.82) is 0 Å². The first-order chi connectivity index (χ1) is 13.4. The van der Waals surface area contributed by atoms with Gasteiger partial charge in [0, 0.05) is 19.0 Å². The van der Waals surface area contributed by atoms with E-state index in [4.69, 9.17) is 14.6 Å². The fraction of sp³-hybridized carbons (Fsp3) is 0.550. The van der Waals surface area contributed by atoms with Crippen molar-refractivity contribution < 1.29 is 29.0 Å². The largest absolute Gasteiger partial charge is 0.493 e. The van der Waals surface area contributed by atoms with E-state index in [9.17, 15) is 14.4 Å². The van der Waals surface area contributed by atoms with Crippen LogP contribution in [0.3, 0.4) is 0 Å². The number of aliphatic carboxylic acids is 1. The average Bonchev–Trinajstić information content (AvgIpc) is 2.70. The summed E-state index contributed by atoms with van der Waals surface area (Å²) in [5, 5.41) is 14.7. The number of carboxylic acids is 1. The molecule has 154 valence electrons. The van der Waals surface area contributed by atoms with E-state index in [2.05, 4.69) is 10.6 Å². The molecule has 2 amide bonds. The van der Waals surface area contributed by atoms with Gasteiger partial charge < -0.3 is 25.2 Å². The number of rotatable bonds is 9. The van der Waals surface area contributed by atoms with E-state index in [0.29, 0.717) is 43.9 Å². The molecule has 8 nitrogen and oxygen atoms in total. The molecule has 1 aromatic carbocycles. The monoisotopic (exact) mass is 392 g/mol. The van der Waals surface area contributed by atoms with Crippen molar-refractivity contribution in [2.24, 2.45) is 11.8 Å². The van der Waals surface area contributed by atoms with E-state index < -0.39 is 11.9 Å². The summed E-state index contributed by atoms with van der Waals surface area (Å²) in [5.74, 6) is -0.956. The van der Waals surface area contributed by atoms with Crippen molar-refractivity contribution >= 4 is 17.8 Å². The highest BCUT2D eigenvalue weighted by atomic mass is 16.5. The first-order valence-electron chi connectivity index (χ1n) is 9.51. The Balaban J connectivity index is 1.90. The summed E-state index contributed by atoms with van der Waals surface area (Å²) in [6.07, 6.45) is 2.48. The Hall–Kier alpha value is -2.77. The van der Waals surface area contributed by atoms with E-state index in [1.807, 2.05) is 6.92 Å². The van der Waals surface area contributed by atoms with Crippen LogP contribution in [0.1, 0.15) is 38.2 Å². The summed E-state index contributed by atoms with van der Waals surface area (Å²) in [4.78, 5) is 35.1. The molecule has 1 aliphatic rings. The minimum atomic E-state index is -0.828. The molecule has 8 heteroatoms. The molecule has 2 unspecified atom stereocenters. The third-order valence-corrected chi connectivity index (χ3v) is 4.82. The van der Waals surface area contributed by atoms with Crippen molar-refractivity contribution in [2.75, 3.05) is 20.3 Å². The number of amides is 2. The molecule has 3 N–H and O–H groups in total. The molecule has 1 aromatic rings. The fourth-order valence-corrected chi connectivity index (χ4v) is 3.32. The third-order valence-electron chi connectivity index (χ3n) is 4.82. The van der Waals surface area contributed by atoms with Crippen molar-refractivity contribution in [3.05, 3.63) is 23.8 Å². The smallest absolute Gasteiger partial charge is 0.306 e. The number of nitrogens with one attached hydrogen (secondary N) is 2. The Bertz CT molecular complexity index is 706. The van der Waals surface area contributed by atoms with Gasteiger partial charge in [-0.15, -0.1) is 0 Å². The maximum Gasteiger partial charge on any atom is 0.306 e. The molecule has 28 heavy (non-hydrogen) atoms. The summed E-state index contributed by atoms with van der Waals surface area (Å²) in [6, 6.07) is 5.23. The van der Waals surface area contributed by atoms with Gasteiger partial charge in [0.25, 0.3) is 5.91 Å². The topological polar surface area (TPSA) is 114 Å². The van der Waals surface area contributed by atoms with Crippen LogP contribution in [-0.2, 0) is 20.9 Å². The van der Waals surface area contributed by atoms with Crippen LogP contribution in [0.15, 0.2) is 18.2 Å². The Morgan fingerprint density at radius 3 is 2.57 bits per heavy atom. The van der Waals surface area contributed by atoms with E-state index in [-0.39, 0.29) is 24.3 Å². The number of methoxy groups -OCH3 is 1. The number of ether oxygens (including phenoxy) is 2. The number of carbonyl (C=O) groups excluding carboxylic acids is 2. The van der Waals surface area contributed by atoms with Gasteiger partial charge in [-0.1, -0.05) is 12.5 Å². The number of carboxylic acid groups (broad SMARTS) is 1. The Kier molecular flexibility index (Phi) is 8.10. The average molecular weight is 392 g/mol. The zero-order chi connectivity index (χ0) is 20.5. The van der Waals surface area contributed by atoms with Crippen molar-refractivity contribution in [2.45, 2.75) is 39.2 Å². The quantitative estimate of drug-likeness (QED) is 0.590. The second-order valence-corrected chi connectivity index (χ2v) is 6.84. The maximum atomic E-state index is 12.4. The lowest BCUT2D eigenvalue weighted by Crippen LogP contribution is -2.35. The van der Waals surface area contributed by atoms with Gasteiger partial charge in [0.05, 0.1) is 13.0 Å². The van der Waals surface area contributed by atoms with Crippen molar-refractivity contribution in [3.8, 4) is 11.5 Å². The van der Waals surface area contributed by atoms with Crippen LogP contribution in [0.25, 0.3) is 0 Å². The second-order valence-electron chi connectivity index (χ2n) is 6.84. The van der Waals surface area contributed by atoms with E-state index >= 15 is 0 Å². The van der Waals surface area contributed by atoms with Gasteiger partial charge in [-0.25, -0.2) is 0 Å². The summed E-state index contributed by atoms with van der Waals surface area (Å²) in [7, 11) is 1.50. The molecule has 2 atom stereocenters. The highest BCUT2D eigenvalue weighted by molar-refractivity contribution is 5.80. The molecule has 0 radical (unpaired) electrons. The number of benzene rings is 1. The standard InChI is InChI=1S/C20H28N2O6/c1-3-21-18(23)12-28-16-8-7-13(9-17(16)27-2)11-22-19(24)14-5-4-6-15(10-14)20(25)26/h7-9,14-15H,3-6,10-12H2,1-2H3,(H,21,23)(H,22,24)(H,25,26). The molecule has 0 saturated heterocycles. The SMILES string of the molecule is CCNC(=O)COc1ccc(CNC(=O)C2CCCC(C(=O)O)C2)cc1OC. The predicted molar refractivity (Wildman–Crippen MR) is 102 cm³/mol. The minimum absolute atomic E-state index is 0.104. The first kappa shape index (κ1) is 21.5. The molecular weight excluding hydrogens is 364 g/mol. The van der Waals surface area contributed by atoms with Crippen LogP contribution in [0.5, 0.6) is 11.5 Å². The van der Waals surface area contributed by atoms with Gasteiger partial charge in [-0.05, 0) is 43.9 Å². The molecule has 0 aliphatic heterocycles. The molecule has 0 heterocycles. The molecule has 0 aromatic heterocycles.